The van der Waals surface area contributed by atoms with Gasteiger partial charge >= 0.3 is 5.43 Å². The Hall–Kier alpha value is -1.28. The van der Waals surface area contributed by atoms with Crippen LogP contribution in [0.2, 0.25) is 0 Å². The molecule has 0 N–H and O–H groups in total. The summed E-state index contributed by atoms with van der Waals surface area (Å²) in [5.74, 6) is 0. The average Bonchev–Trinajstić information content (AvgIpc) is 2.56. The minimum atomic E-state index is -0.715. The van der Waals surface area contributed by atoms with E-state index >= 15 is 0 Å². The van der Waals surface area contributed by atoms with Crippen molar-refractivity contribution in [3.05, 3.63) is 48.6 Å². The molecule has 0 fully saturated rings. The molecule has 0 amide bonds. The fourth-order valence-electron chi connectivity index (χ4n) is 2.08. The first-order valence-corrected chi connectivity index (χ1v) is 9.57. The summed E-state index contributed by atoms with van der Waals surface area (Å²) in [4.78, 5) is 10.3. The Bertz CT molecular complexity index is 395. The van der Waals surface area contributed by atoms with Gasteiger partial charge in [-0.15, -0.1) is 0 Å². The molecule has 0 saturated carbocycles. The van der Waals surface area contributed by atoms with Crippen LogP contribution in [-0.4, -0.2) is 12.0 Å². The third kappa shape index (κ3) is 20.7. The fourth-order valence-corrected chi connectivity index (χ4v) is 2.15. The van der Waals surface area contributed by atoms with E-state index in [1.165, 1.54) is 25.7 Å². The van der Waals surface area contributed by atoms with Crippen molar-refractivity contribution in [2.75, 3.05) is 6.61 Å². The van der Waals surface area contributed by atoms with Crippen molar-refractivity contribution in [3.8, 4) is 0 Å². The third-order valence-electron chi connectivity index (χ3n) is 3.44. The Morgan fingerprint density at radius 2 is 1.21 bits per heavy atom. The predicted octanol–water partition coefficient (Wildman–Crippen LogP) is 7.51. The van der Waals surface area contributed by atoms with Gasteiger partial charge in [-0.05, 0) is 51.4 Å². The number of hydrogen-bond donors (Lipinski definition) is 0. The van der Waals surface area contributed by atoms with Crippen molar-refractivity contribution in [1.82, 2.24) is 0 Å². The average molecular weight is 353 g/mol. The molecule has 136 valence electrons. The molecular weight excluding hydrogens is 320 g/mol. The van der Waals surface area contributed by atoms with Gasteiger partial charge in [-0.2, -0.15) is 0 Å². The van der Waals surface area contributed by atoms with Gasteiger partial charge in [0.15, 0.2) is 0 Å². The summed E-state index contributed by atoms with van der Waals surface area (Å²) in [6, 6.07) is 0. The summed E-state index contributed by atoms with van der Waals surface area (Å²) in [5, 5.41) is 0. The Kier molecular flexibility index (Phi) is 18.7. The van der Waals surface area contributed by atoms with Gasteiger partial charge in [0.05, 0.1) is 6.61 Å². The smallest absolute Gasteiger partial charge is 0.403 e. The summed E-state index contributed by atoms with van der Waals surface area (Å²) in [6.07, 6.45) is 28.8. The summed E-state index contributed by atoms with van der Waals surface area (Å²) < 4.78 is 4.65. The molecule has 0 radical (unpaired) electrons. The van der Waals surface area contributed by atoms with Gasteiger partial charge in [-0.1, -0.05) is 68.4 Å². The van der Waals surface area contributed by atoms with Crippen molar-refractivity contribution in [1.29, 1.82) is 0 Å². The summed E-state index contributed by atoms with van der Waals surface area (Å²) in [7, 11) is 0. The molecule has 0 saturated heterocycles. The Morgan fingerprint density at radius 3 is 1.67 bits per heavy atom. The molecule has 0 aromatic carbocycles. The van der Waals surface area contributed by atoms with Crippen LogP contribution in [0.3, 0.4) is 0 Å². The van der Waals surface area contributed by atoms with Gasteiger partial charge < -0.3 is 4.74 Å². The lowest BCUT2D eigenvalue weighted by Gasteiger charge is -1.97. The van der Waals surface area contributed by atoms with E-state index < -0.39 is 5.43 Å². The number of halogens is 1. The number of carbonyl (C=O) groups is 1. The molecular formula is C21H33ClO2. The van der Waals surface area contributed by atoms with E-state index in [1.807, 2.05) is 0 Å². The first kappa shape index (κ1) is 22.7. The minimum Gasteiger partial charge on any atom is -0.454 e. The lowest BCUT2D eigenvalue weighted by Crippen LogP contribution is -1.95. The number of carbonyl (C=O) groups excluding carboxylic acids is 1. The summed E-state index contributed by atoms with van der Waals surface area (Å²) in [6.45, 7) is 2.65. The highest BCUT2D eigenvalue weighted by atomic mass is 35.5. The van der Waals surface area contributed by atoms with Crippen LogP contribution in [0.4, 0.5) is 4.79 Å². The Balaban J connectivity index is 3.37. The molecule has 0 atom stereocenters. The maximum absolute atomic E-state index is 10.3. The van der Waals surface area contributed by atoms with Gasteiger partial charge in [-0.3, -0.25) is 0 Å². The van der Waals surface area contributed by atoms with Crippen LogP contribution in [-0.2, 0) is 4.74 Å². The van der Waals surface area contributed by atoms with Crippen LogP contribution in [0, 0.1) is 0 Å². The quantitative estimate of drug-likeness (QED) is 0.173. The minimum absolute atomic E-state index is 0.413. The number of hydrogen-bond acceptors (Lipinski definition) is 2. The van der Waals surface area contributed by atoms with E-state index in [-0.39, 0.29) is 0 Å². The second-order valence-electron chi connectivity index (χ2n) is 5.67. The molecule has 2 nitrogen and oxygen atoms in total. The molecule has 0 rings (SSSR count). The van der Waals surface area contributed by atoms with Crippen LogP contribution in [0.25, 0.3) is 0 Å². The van der Waals surface area contributed by atoms with Gasteiger partial charge in [-0.25, -0.2) is 4.79 Å². The Labute approximate surface area is 153 Å². The number of unbranched alkanes of at least 4 members (excludes halogenated alkanes) is 5. The van der Waals surface area contributed by atoms with Gasteiger partial charge in [0.1, 0.15) is 0 Å². The normalized spacial score (nSPS) is 12.2. The lowest BCUT2D eigenvalue weighted by molar-refractivity contribution is 0.171. The monoisotopic (exact) mass is 352 g/mol. The maximum atomic E-state index is 10.3. The molecule has 0 aromatic heterocycles. The molecule has 0 unspecified atom stereocenters. The molecule has 0 spiro atoms. The van der Waals surface area contributed by atoms with Crippen LogP contribution < -0.4 is 0 Å². The van der Waals surface area contributed by atoms with Crippen LogP contribution in [0.1, 0.15) is 71.1 Å². The van der Waals surface area contributed by atoms with E-state index in [1.54, 1.807) is 0 Å². The standard InChI is InChI=1S/C21H33ClO2/c1-2-3-4-5-6-7-8-9-10-11-12-13-14-15-16-17-18-19-20-24-21(22)23/h6-7,9-10,12-13,15-16H,2-5,8,11,14,17-20H2,1H3/b7-6-,10-9-,13-12-,16-15-. The van der Waals surface area contributed by atoms with Crippen molar-refractivity contribution < 1.29 is 9.53 Å². The van der Waals surface area contributed by atoms with Crippen LogP contribution >= 0.6 is 11.6 Å². The van der Waals surface area contributed by atoms with Crippen molar-refractivity contribution in [2.24, 2.45) is 0 Å². The molecule has 3 heteroatoms. The fraction of sp³-hybridized carbons (Fsp3) is 0.571. The zero-order valence-corrected chi connectivity index (χ0v) is 15.8. The highest BCUT2D eigenvalue weighted by Crippen LogP contribution is 2.02. The van der Waals surface area contributed by atoms with Crippen molar-refractivity contribution in [3.63, 3.8) is 0 Å². The second kappa shape index (κ2) is 19.8. The molecule has 0 bridgehead atoms. The molecule has 0 aliphatic carbocycles. The van der Waals surface area contributed by atoms with Crippen LogP contribution in [0.15, 0.2) is 48.6 Å². The molecule has 0 aliphatic rings. The number of ether oxygens (including phenoxy) is 1. The second-order valence-corrected chi connectivity index (χ2v) is 5.98. The largest absolute Gasteiger partial charge is 0.454 e. The zero-order valence-electron chi connectivity index (χ0n) is 15.1. The van der Waals surface area contributed by atoms with E-state index in [2.05, 4.69) is 60.3 Å². The van der Waals surface area contributed by atoms with Gasteiger partial charge in [0.25, 0.3) is 0 Å². The number of allylic oxidation sites excluding steroid dienone is 8. The molecule has 24 heavy (non-hydrogen) atoms. The first-order valence-electron chi connectivity index (χ1n) is 9.19. The zero-order chi connectivity index (χ0) is 17.7. The molecule has 0 aromatic rings. The molecule has 0 aliphatic heterocycles. The topological polar surface area (TPSA) is 26.3 Å². The maximum Gasteiger partial charge on any atom is 0.403 e. The SMILES string of the molecule is CCCCC/C=C\C/C=C\C/C=C\C/C=C\CCCCOC(=O)Cl. The summed E-state index contributed by atoms with van der Waals surface area (Å²) >= 11 is 5.07. The Morgan fingerprint density at radius 1 is 0.750 bits per heavy atom. The predicted molar refractivity (Wildman–Crippen MR) is 106 cm³/mol. The number of rotatable bonds is 15. The van der Waals surface area contributed by atoms with Crippen LogP contribution in [0.5, 0.6) is 0 Å². The van der Waals surface area contributed by atoms with E-state index in [0.29, 0.717) is 6.61 Å². The molecule has 0 heterocycles. The van der Waals surface area contributed by atoms with Gasteiger partial charge in [0, 0.05) is 11.6 Å². The van der Waals surface area contributed by atoms with Crippen molar-refractivity contribution in [2.45, 2.75) is 71.1 Å². The highest BCUT2D eigenvalue weighted by molar-refractivity contribution is 6.61. The van der Waals surface area contributed by atoms with E-state index in [0.717, 1.165) is 38.5 Å². The van der Waals surface area contributed by atoms with Gasteiger partial charge in [0.2, 0.25) is 0 Å². The summed E-state index contributed by atoms with van der Waals surface area (Å²) in [5.41, 5.74) is -0.715. The third-order valence-corrected chi connectivity index (χ3v) is 3.55. The highest BCUT2D eigenvalue weighted by Gasteiger charge is 1.93. The van der Waals surface area contributed by atoms with E-state index in [4.69, 9.17) is 11.6 Å². The lowest BCUT2D eigenvalue weighted by atomic mass is 10.2. The van der Waals surface area contributed by atoms with Crippen molar-refractivity contribution >= 4 is 17.0 Å². The van der Waals surface area contributed by atoms with E-state index in [9.17, 15) is 4.79 Å². The first-order chi connectivity index (χ1) is 11.8.